The molecule has 0 N–H and O–H groups in total. The van der Waals surface area contributed by atoms with Gasteiger partial charge in [-0.15, -0.1) is 0 Å². The van der Waals surface area contributed by atoms with Crippen molar-refractivity contribution < 1.29 is 10.9 Å². The van der Waals surface area contributed by atoms with E-state index >= 15 is 0 Å². The molecule has 0 atom stereocenters. The van der Waals surface area contributed by atoms with Crippen molar-refractivity contribution in [3.05, 3.63) is 6.65 Å². The Bertz CT molecular complexity index is 58.7. The first-order valence-electron chi connectivity index (χ1n) is 1.93. The van der Waals surface area contributed by atoms with Crippen molar-refractivity contribution in [2.45, 2.75) is 13.8 Å². The molecule has 0 aliphatic heterocycles. The molecule has 0 amide bonds. The minimum atomic E-state index is 0. The second-order valence-electron chi connectivity index (χ2n) is 1.38. The number of aldehydes is 1. The van der Waals surface area contributed by atoms with E-state index in [0.29, 0.717) is 0 Å². The molecule has 0 saturated carbocycles. The minimum Gasteiger partial charge on any atom is 0 e. The largest absolute Gasteiger partial charge is 0 e. The quantitative estimate of drug-likeness (QED) is 0.277. The van der Waals surface area contributed by atoms with Gasteiger partial charge in [0.15, 0.2) is 0 Å². The van der Waals surface area contributed by atoms with E-state index in [0.717, 1.165) is 6.29 Å². The van der Waals surface area contributed by atoms with E-state index in [1.807, 2.05) is 13.8 Å². The van der Waals surface area contributed by atoms with Crippen LogP contribution in [-0.4, -0.2) is 6.29 Å². The third-order valence-corrected chi connectivity index (χ3v) is 0.272. The SMILES string of the molecule is CC(C)C=O.[C-]#[O+].[HH]. The van der Waals surface area contributed by atoms with Crippen LogP contribution in [-0.2, 0) is 9.45 Å². The Morgan fingerprint density at radius 1 is 1.71 bits per heavy atom. The van der Waals surface area contributed by atoms with Crippen molar-refractivity contribution in [3.63, 3.8) is 0 Å². The smallest absolute Gasteiger partial charge is 0 e. The molecule has 0 fully saturated rings. The molecule has 0 spiro atoms. The molecule has 2 heteroatoms. The van der Waals surface area contributed by atoms with Crippen LogP contribution in [0.3, 0.4) is 0 Å². The molecule has 0 unspecified atom stereocenters. The van der Waals surface area contributed by atoms with Gasteiger partial charge < -0.3 is 4.79 Å². The molecule has 2 nitrogen and oxygen atoms in total. The second-order valence-corrected chi connectivity index (χ2v) is 1.38. The van der Waals surface area contributed by atoms with E-state index in [-0.39, 0.29) is 7.34 Å². The molecule has 0 saturated heterocycles. The van der Waals surface area contributed by atoms with Gasteiger partial charge in [0.05, 0.1) is 0 Å². The molecule has 0 radical (unpaired) electrons. The molecule has 42 valence electrons. The van der Waals surface area contributed by atoms with Crippen molar-refractivity contribution in [1.29, 1.82) is 0 Å². The summed E-state index contributed by atoms with van der Waals surface area (Å²) in [6.45, 7) is 8.21. The predicted molar refractivity (Wildman–Crippen MR) is 26.9 cm³/mol. The van der Waals surface area contributed by atoms with E-state index in [1.165, 1.54) is 0 Å². The Kier molecular flexibility index (Phi) is 12.5. The first kappa shape index (κ1) is 9.65. The molecule has 7 heavy (non-hydrogen) atoms. The van der Waals surface area contributed by atoms with E-state index < -0.39 is 0 Å². The van der Waals surface area contributed by atoms with Crippen molar-refractivity contribution in [2.75, 3.05) is 0 Å². The van der Waals surface area contributed by atoms with Gasteiger partial charge in [-0.3, -0.25) is 0 Å². The normalized spacial score (nSPS) is 6.43. The van der Waals surface area contributed by atoms with Crippen LogP contribution >= 0.6 is 0 Å². The van der Waals surface area contributed by atoms with Crippen LogP contribution in [0.4, 0.5) is 0 Å². The van der Waals surface area contributed by atoms with E-state index in [9.17, 15) is 4.79 Å². The number of rotatable bonds is 1. The van der Waals surface area contributed by atoms with Crippen molar-refractivity contribution in [1.82, 2.24) is 0 Å². The van der Waals surface area contributed by atoms with Gasteiger partial charge in [0.25, 0.3) is 0 Å². The molecule has 0 aliphatic rings. The zero-order chi connectivity index (χ0) is 6.28. The average Bonchev–Trinajstić information content (AvgIpc) is 1.73. The summed E-state index contributed by atoms with van der Waals surface area (Å²) in [5.41, 5.74) is 0. The Labute approximate surface area is 44.7 Å². The standard InChI is InChI=1S/C4H8O.CO.H2/c1-4(2)3-5;1-2;/h3-4H,1-2H3;;1H. The maximum Gasteiger partial charge on any atom is 0 e. The van der Waals surface area contributed by atoms with Crippen molar-refractivity contribution >= 4 is 6.29 Å². The van der Waals surface area contributed by atoms with Crippen LogP contribution in [0.15, 0.2) is 0 Å². The van der Waals surface area contributed by atoms with E-state index in [1.54, 1.807) is 0 Å². The van der Waals surface area contributed by atoms with Crippen LogP contribution in [0.1, 0.15) is 15.3 Å². The summed E-state index contributed by atoms with van der Waals surface area (Å²) in [6.07, 6.45) is 0.917. The molecule has 0 aromatic rings. The van der Waals surface area contributed by atoms with Gasteiger partial charge in [-0.25, -0.2) is 0 Å². The fourth-order valence-corrected chi connectivity index (χ4v) is 0. The summed E-state index contributed by atoms with van der Waals surface area (Å²) >= 11 is 0. The first-order valence-corrected chi connectivity index (χ1v) is 1.93. The summed E-state index contributed by atoms with van der Waals surface area (Å²) in [7, 11) is 0. The maximum atomic E-state index is 9.50. The molecule has 0 bridgehead atoms. The van der Waals surface area contributed by atoms with Gasteiger partial charge in [0.2, 0.25) is 0 Å². The number of hydrogen-bond acceptors (Lipinski definition) is 1. The first-order chi connectivity index (χ1) is 3.27. The number of carbonyl (C=O) groups is 1. The van der Waals surface area contributed by atoms with Gasteiger partial charge in [0, 0.05) is 7.34 Å². The zero-order valence-corrected chi connectivity index (χ0v) is 4.47. The third kappa shape index (κ3) is 31.6. The second kappa shape index (κ2) is 9.05. The van der Waals surface area contributed by atoms with Crippen LogP contribution in [0.5, 0.6) is 0 Å². The summed E-state index contributed by atoms with van der Waals surface area (Å²) in [5, 5.41) is 0. The molecular formula is C5H10O2. The van der Waals surface area contributed by atoms with Crippen LogP contribution in [0, 0.1) is 12.6 Å². The van der Waals surface area contributed by atoms with Crippen molar-refractivity contribution in [3.8, 4) is 0 Å². The topological polar surface area (TPSA) is 37.0 Å². The van der Waals surface area contributed by atoms with Crippen LogP contribution in [0.2, 0.25) is 0 Å². The predicted octanol–water partition coefficient (Wildman–Crippen LogP) is 1.05. The monoisotopic (exact) mass is 102 g/mol. The number of carbonyl (C=O) groups excluding carboxylic acids is 1. The molecule has 0 aromatic heterocycles. The fraction of sp³-hybridized carbons (Fsp3) is 0.600. The van der Waals surface area contributed by atoms with Gasteiger partial charge >= 0.3 is 11.3 Å². The Balaban J connectivity index is -0.0000000750. The summed E-state index contributed by atoms with van der Waals surface area (Å²) in [6, 6.07) is 0. The molecule has 0 rings (SSSR count). The minimum absolute atomic E-state index is 0. The fourth-order valence-electron chi connectivity index (χ4n) is 0. The summed E-state index contributed by atoms with van der Waals surface area (Å²) in [4.78, 5) is 9.50. The van der Waals surface area contributed by atoms with E-state index in [2.05, 4.69) is 6.65 Å². The third-order valence-electron chi connectivity index (χ3n) is 0.272. The average molecular weight is 102 g/mol. The Morgan fingerprint density at radius 2 is 1.86 bits per heavy atom. The number of hydrogen-bond donors (Lipinski definition) is 0. The Morgan fingerprint density at radius 3 is 1.86 bits per heavy atom. The van der Waals surface area contributed by atoms with E-state index in [4.69, 9.17) is 4.65 Å². The van der Waals surface area contributed by atoms with Gasteiger partial charge in [-0.1, -0.05) is 13.8 Å². The summed E-state index contributed by atoms with van der Waals surface area (Å²) in [5.74, 6) is 0.204. The van der Waals surface area contributed by atoms with Gasteiger partial charge in [-0.2, -0.15) is 0 Å². The zero-order valence-electron chi connectivity index (χ0n) is 4.47. The Hall–Kier alpha value is -0.590. The molecule has 0 aromatic carbocycles. The van der Waals surface area contributed by atoms with Crippen LogP contribution < -0.4 is 0 Å². The maximum absolute atomic E-state index is 9.50. The molecule has 0 aliphatic carbocycles. The molecular weight excluding hydrogens is 92.1 g/mol. The van der Waals surface area contributed by atoms with Crippen molar-refractivity contribution in [2.24, 2.45) is 5.92 Å². The molecule has 0 heterocycles. The summed E-state index contributed by atoms with van der Waals surface area (Å²) < 4.78 is 7.50. The van der Waals surface area contributed by atoms with Gasteiger partial charge in [0.1, 0.15) is 6.29 Å². The van der Waals surface area contributed by atoms with Crippen LogP contribution in [0.25, 0.3) is 0 Å². The van der Waals surface area contributed by atoms with Gasteiger partial charge in [-0.05, 0) is 0 Å².